The minimum Gasteiger partial charge on any atom is -0.472 e. The van der Waals surface area contributed by atoms with Crippen molar-refractivity contribution in [1.29, 1.82) is 0 Å². The van der Waals surface area contributed by atoms with E-state index in [1.165, 1.54) is 18.5 Å². The third-order valence-corrected chi connectivity index (χ3v) is 7.04. The third kappa shape index (κ3) is 2.83. The van der Waals surface area contributed by atoms with Crippen LogP contribution in [-0.2, 0) is 0 Å². The Labute approximate surface area is 183 Å². The van der Waals surface area contributed by atoms with E-state index in [2.05, 4.69) is 15.0 Å². The highest BCUT2D eigenvalue weighted by Gasteiger charge is 2.76. The minimum atomic E-state index is -0.511. The molecule has 4 unspecified atom stereocenters. The van der Waals surface area contributed by atoms with E-state index in [-0.39, 0.29) is 40.4 Å². The highest BCUT2D eigenvalue weighted by molar-refractivity contribution is 6.30. The molecule has 1 amide bonds. The van der Waals surface area contributed by atoms with Gasteiger partial charge in [0, 0.05) is 36.6 Å². The number of carbonyl (C=O) groups excluding carboxylic acids is 1. The smallest absolute Gasteiger partial charge is 0.255 e. The number of aromatic nitrogens is 3. The van der Waals surface area contributed by atoms with Crippen molar-refractivity contribution in [2.75, 3.05) is 6.54 Å². The quantitative estimate of drug-likeness (QED) is 0.618. The largest absolute Gasteiger partial charge is 0.472 e. The molecule has 0 bridgehead atoms. The molecule has 0 N–H and O–H groups in total. The first-order valence-corrected chi connectivity index (χ1v) is 10.6. The molecule has 3 fully saturated rings. The zero-order valence-corrected chi connectivity index (χ0v) is 17.2. The van der Waals surface area contributed by atoms with E-state index in [0.717, 1.165) is 12.8 Å². The normalized spacial score (nSPS) is 27.8. The molecule has 2 saturated carbocycles. The number of hydrogen-bond acceptors (Lipinski definition) is 5. The SMILES string of the molecule is O=C(c1cccc(F)c1-c1ncccn1)N1CC2CC23CC(Oc2ccc(Cl)cn2)C13. The number of piperidine rings is 1. The molecule has 4 atom stereocenters. The van der Waals surface area contributed by atoms with Crippen LogP contribution in [-0.4, -0.2) is 44.4 Å². The molecule has 1 saturated heterocycles. The second-order valence-corrected chi connectivity index (χ2v) is 8.88. The number of halogens is 2. The molecule has 0 radical (unpaired) electrons. The summed E-state index contributed by atoms with van der Waals surface area (Å²) >= 11 is 5.91. The second kappa shape index (κ2) is 6.72. The van der Waals surface area contributed by atoms with E-state index in [4.69, 9.17) is 16.3 Å². The first kappa shape index (κ1) is 18.7. The average molecular weight is 437 g/mol. The lowest BCUT2D eigenvalue weighted by Crippen LogP contribution is -2.59. The lowest BCUT2D eigenvalue weighted by Gasteiger charge is -2.47. The van der Waals surface area contributed by atoms with Crippen LogP contribution in [0.25, 0.3) is 11.4 Å². The highest BCUT2D eigenvalue weighted by atomic mass is 35.5. The molecule has 6 nitrogen and oxygen atoms in total. The van der Waals surface area contributed by atoms with Crippen LogP contribution >= 0.6 is 11.6 Å². The second-order valence-electron chi connectivity index (χ2n) is 8.45. The summed E-state index contributed by atoms with van der Waals surface area (Å²) in [5, 5.41) is 0.541. The number of carbonyl (C=O) groups is 1. The number of amides is 1. The summed E-state index contributed by atoms with van der Waals surface area (Å²) in [5.41, 5.74) is 0.542. The Morgan fingerprint density at radius 3 is 2.74 bits per heavy atom. The van der Waals surface area contributed by atoms with Crippen molar-refractivity contribution in [3.05, 3.63) is 71.4 Å². The molecular formula is C23H18ClFN4O2. The Bertz CT molecular complexity index is 1180. The van der Waals surface area contributed by atoms with Gasteiger partial charge in [0.15, 0.2) is 5.82 Å². The summed E-state index contributed by atoms with van der Waals surface area (Å²) in [5.74, 6) is 0.447. The van der Waals surface area contributed by atoms with Gasteiger partial charge in [-0.05, 0) is 43.0 Å². The number of ether oxygens (including phenoxy) is 1. The predicted octanol–water partition coefficient (Wildman–Crippen LogP) is 4.01. The third-order valence-electron chi connectivity index (χ3n) is 6.82. The summed E-state index contributed by atoms with van der Waals surface area (Å²) in [6.45, 7) is 0.656. The predicted molar refractivity (Wildman–Crippen MR) is 111 cm³/mol. The van der Waals surface area contributed by atoms with Crippen LogP contribution < -0.4 is 4.74 Å². The van der Waals surface area contributed by atoms with Crippen LogP contribution in [0.3, 0.4) is 0 Å². The monoisotopic (exact) mass is 436 g/mol. The van der Waals surface area contributed by atoms with Crippen molar-refractivity contribution in [3.8, 4) is 17.3 Å². The summed E-state index contributed by atoms with van der Waals surface area (Å²) in [4.78, 5) is 28.0. The van der Waals surface area contributed by atoms with Gasteiger partial charge in [-0.3, -0.25) is 4.79 Å². The van der Waals surface area contributed by atoms with Crippen LogP contribution in [0.2, 0.25) is 5.02 Å². The van der Waals surface area contributed by atoms with Gasteiger partial charge in [0.05, 0.1) is 22.2 Å². The van der Waals surface area contributed by atoms with E-state index >= 15 is 0 Å². The van der Waals surface area contributed by atoms with Crippen molar-refractivity contribution in [3.63, 3.8) is 0 Å². The van der Waals surface area contributed by atoms with Crippen LogP contribution in [0.15, 0.2) is 55.0 Å². The fourth-order valence-corrected chi connectivity index (χ4v) is 5.46. The first-order valence-electron chi connectivity index (χ1n) is 10.2. The molecule has 3 aromatic rings. The van der Waals surface area contributed by atoms with Crippen LogP contribution in [0, 0.1) is 17.2 Å². The number of hydrogen-bond donors (Lipinski definition) is 0. The van der Waals surface area contributed by atoms with E-state index in [9.17, 15) is 9.18 Å². The molecule has 156 valence electrons. The molecule has 8 heteroatoms. The Kier molecular flexibility index (Phi) is 4.05. The van der Waals surface area contributed by atoms with Gasteiger partial charge in [0.1, 0.15) is 11.9 Å². The summed E-state index contributed by atoms with van der Waals surface area (Å²) < 4.78 is 20.9. The maximum Gasteiger partial charge on any atom is 0.255 e. The lowest BCUT2D eigenvalue weighted by atomic mass is 9.73. The van der Waals surface area contributed by atoms with Crippen molar-refractivity contribution in [1.82, 2.24) is 19.9 Å². The molecule has 3 heterocycles. The standard InChI is InChI=1S/C23H18ClFN4O2/c24-14-5-6-18(28-11-14)31-17-10-23-9-13(23)12-29(20(17)23)22(30)15-3-1-4-16(25)19(15)21-26-7-2-8-27-21/h1-8,11,13,17,20H,9-10,12H2. The van der Waals surface area contributed by atoms with Crippen molar-refractivity contribution < 1.29 is 13.9 Å². The molecule has 31 heavy (non-hydrogen) atoms. The van der Waals surface area contributed by atoms with Gasteiger partial charge in [-0.1, -0.05) is 17.7 Å². The Morgan fingerprint density at radius 2 is 1.97 bits per heavy atom. The number of likely N-dealkylation sites (tertiary alicyclic amines) is 1. The summed E-state index contributed by atoms with van der Waals surface area (Å²) in [6.07, 6.45) is 6.48. The summed E-state index contributed by atoms with van der Waals surface area (Å²) in [6, 6.07) is 9.59. The topological polar surface area (TPSA) is 68.2 Å². The molecule has 6 rings (SSSR count). The zero-order valence-electron chi connectivity index (χ0n) is 16.4. The lowest BCUT2D eigenvalue weighted by molar-refractivity contribution is -0.0345. The van der Waals surface area contributed by atoms with E-state index in [1.54, 1.807) is 36.5 Å². The van der Waals surface area contributed by atoms with E-state index < -0.39 is 5.82 Å². The molecule has 2 aliphatic carbocycles. The average Bonchev–Trinajstić information content (AvgIpc) is 3.43. The fraction of sp³-hybridized carbons (Fsp3) is 0.304. The van der Waals surface area contributed by atoms with Gasteiger partial charge in [0.25, 0.3) is 5.91 Å². The molecular weight excluding hydrogens is 419 g/mol. The van der Waals surface area contributed by atoms with Gasteiger partial charge in [-0.15, -0.1) is 0 Å². The van der Waals surface area contributed by atoms with Crippen molar-refractivity contribution >= 4 is 17.5 Å². The van der Waals surface area contributed by atoms with Crippen molar-refractivity contribution in [2.45, 2.75) is 25.0 Å². The van der Waals surface area contributed by atoms with Gasteiger partial charge in [-0.2, -0.15) is 0 Å². The fourth-order valence-electron chi connectivity index (χ4n) is 5.35. The van der Waals surface area contributed by atoms with Crippen molar-refractivity contribution in [2.24, 2.45) is 11.3 Å². The Hall–Kier alpha value is -3.06. The Balaban J connectivity index is 1.31. The van der Waals surface area contributed by atoms with Gasteiger partial charge in [0.2, 0.25) is 5.88 Å². The van der Waals surface area contributed by atoms with Gasteiger partial charge in [-0.25, -0.2) is 19.3 Å². The number of nitrogens with zero attached hydrogens (tertiary/aromatic N) is 4. The number of benzene rings is 1. The van der Waals surface area contributed by atoms with E-state index in [0.29, 0.717) is 23.4 Å². The molecule has 1 aliphatic heterocycles. The highest BCUT2D eigenvalue weighted by Crippen LogP contribution is 2.71. The van der Waals surface area contributed by atoms with Crippen LogP contribution in [0.5, 0.6) is 5.88 Å². The molecule has 1 spiro atoms. The minimum absolute atomic E-state index is 0.0460. The molecule has 2 aromatic heterocycles. The first-order chi connectivity index (χ1) is 15.1. The zero-order chi connectivity index (χ0) is 21.2. The molecule has 3 aliphatic rings. The van der Waals surface area contributed by atoms with Crippen LogP contribution in [0.4, 0.5) is 4.39 Å². The maximum atomic E-state index is 14.8. The van der Waals surface area contributed by atoms with E-state index in [1.807, 2.05) is 4.90 Å². The molecule has 1 aromatic carbocycles. The maximum absolute atomic E-state index is 14.8. The van der Waals surface area contributed by atoms with Gasteiger partial charge >= 0.3 is 0 Å². The number of pyridine rings is 1. The van der Waals surface area contributed by atoms with Crippen LogP contribution in [0.1, 0.15) is 23.2 Å². The van der Waals surface area contributed by atoms with Gasteiger partial charge < -0.3 is 9.64 Å². The Morgan fingerprint density at radius 1 is 1.13 bits per heavy atom. The summed E-state index contributed by atoms with van der Waals surface area (Å²) in [7, 11) is 0. The number of rotatable bonds is 4.